The highest BCUT2D eigenvalue weighted by Crippen LogP contribution is 2.25. The van der Waals surface area contributed by atoms with Crippen LogP contribution in [0.1, 0.15) is 24.8 Å². The Morgan fingerprint density at radius 2 is 2.16 bits per heavy atom. The maximum Gasteiger partial charge on any atom is 0.0580 e. The van der Waals surface area contributed by atoms with Gasteiger partial charge in [0.15, 0.2) is 0 Å². The Balaban J connectivity index is 1.65. The normalized spacial score (nSPS) is 23.3. The smallest absolute Gasteiger partial charge is 0.0580 e. The molecule has 1 heterocycles. The summed E-state index contributed by atoms with van der Waals surface area (Å²) in [5.41, 5.74) is 2.62. The van der Waals surface area contributed by atoms with Gasteiger partial charge in [-0.3, -0.25) is 0 Å². The van der Waals surface area contributed by atoms with Gasteiger partial charge in [-0.1, -0.05) is 24.6 Å². The molecule has 102 valence electrons. The number of nitrogens with one attached hydrogen (secondary N) is 1. The fraction of sp³-hybridized carbons (Fsp3) is 0.500. The minimum atomic E-state index is -0.0972. The van der Waals surface area contributed by atoms with Crippen LogP contribution in [0.15, 0.2) is 30.5 Å². The van der Waals surface area contributed by atoms with Crippen molar-refractivity contribution in [2.24, 2.45) is 13.0 Å². The molecule has 2 atom stereocenters. The zero-order valence-electron chi connectivity index (χ0n) is 11.5. The number of benzene rings is 1. The lowest BCUT2D eigenvalue weighted by atomic mass is 10.1. The molecular weight excluding hydrogens is 236 g/mol. The maximum atomic E-state index is 9.82. The molecule has 2 unspecified atom stereocenters. The maximum absolute atomic E-state index is 9.82. The number of aliphatic hydroxyl groups is 1. The Bertz CT molecular complexity index is 561. The van der Waals surface area contributed by atoms with Gasteiger partial charge in [-0.25, -0.2) is 0 Å². The summed E-state index contributed by atoms with van der Waals surface area (Å²) >= 11 is 0. The first-order valence-corrected chi connectivity index (χ1v) is 7.17. The van der Waals surface area contributed by atoms with E-state index in [2.05, 4.69) is 47.4 Å². The molecule has 0 saturated heterocycles. The van der Waals surface area contributed by atoms with Gasteiger partial charge in [0, 0.05) is 37.2 Å². The largest absolute Gasteiger partial charge is 0.393 e. The van der Waals surface area contributed by atoms with Crippen molar-refractivity contribution in [1.29, 1.82) is 0 Å². The number of aromatic nitrogens is 1. The molecule has 1 aliphatic rings. The number of aryl methyl sites for hydroxylation is 1. The first-order valence-electron chi connectivity index (χ1n) is 7.17. The molecule has 0 radical (unpaired) electrons. The fourth-order valence-corrected chi connectivity index (χ4v) is 3.21. The third kappa shape index (κ3) is 2.53. The topological polar surface area (TPSA) is 37.2 Å². The average molecular weight is 258 g/mol. The molecule has 1 aromatic carbocycles. The lowest BCUT2D eigenvalue weighted by Crippen LogP contribution is -2.27. The highest BCUT2D eigenvalue weighted by atomic mass is 16.3. The molecule has 3 heteroatoms. The predicted octanol–water partition coefficient (Wildman–Crippen LogP) is 2.43. The Morgan fingerprint density at radius 1 is 1.32 bits per heavy atom. The molecule has 19 heavy (non-hydrogen) atoms. The number of nitrogens with zero attached hydrogens (tertiary/aromatic N) is 1. The van der Waals surface area contributed by atoms with Gasteiger partial charge >= 0.3 is 0 Å². The third-order valence-corrected chi connectivity index (χ3v) is 4.32. The summed E-state index contributed by atoms with van der Waals surface area (Å²) in [4.78, 5) is 0. The van der Waals surface area contributed by atoms with E-state index in [0.717, 1.165) is 25.9 Å². The Kier molecular flexibility index (Phi) is 3.58. The quantitative estimate of drug-likeness (QED) is 0.884. The summed E-state index contributed by atoms with van der Waals surface area (Å²) in [5, 5.41) is 14.6. The van der Waals surface area contributed by atoms with Crippen LogP contribution in [-0.2, 0) is 13.6 Å². The standard InChI is InChI=1S/C16H22N2O/c1-18-11-13(14-6-2-3-7-15(14)18)10-17-9-12-5-4-8-16(12)19/h2-3,6-7,11-12,16-17,19H,4-5,8-10H2,1H3. The van der Waals surface area contributed by atoms with E-state index >= 15 is 0 Å². The minimum absolute atomic E-state index is 0.0972. The van der Waals surface area contributed by atoms with E-state index in [1.807, 2.05) is 0 Å². The van der Waals surface area contributed by atoms with E-state index in [1.54, 1.807) is 0 Å². The van der Waals surface area contributed by atoms with E-state index in [-0.39, 0.29) is 6.10 Å². The second-order valence-electron chi connectivity index (χ2n) is 5.67. The van der Waals surface area contributed by atoms with E-state index in [0.29, 0.717) is 5.92 Å². The molecule has 3 rings (SSSR count). The van der Waals surface area contributed by atoms with Crippen LogP contribution < -0.4 is 5.32 Å². The molecule has 2 aromatic rings. The summed E-state index contributed by atoms with van der Waals surface area (Å²) in [6.07, 6.45) is 5.40. The van der Waals surface area contributed by atoms with Crippen LogP contribution >= 0.6 is 0 Å². The molecule has 1 fully saturated rings. The third-order valence-electron chi connectivity index (χ3n) is 4.32. The van der Waals surface area contributed by atoms with Crippen LogP contribution in [0.4, 0.5) is 0 Å². The number of rotatable bonds is 4. The summed E-state index contributed by atoms with van der Waals surface area (Å²) in [6.45, 7) is 1.80. The first-order chi connectivity index (χ1) is 9.25. The Hall–Kier alpha value is -1.32. The van der Waals surface area contributed by atoms with Gasteiger partial charge in [-0.15, -0.1) is 0 Å². The number of fused-ring (bicyclic) bond motifs is 1. The van der Waals surface area contributed by atoms with Crippen LogP contribution in [0.2, 0.25) is 0 Å². The first kappa shape index (κ1) is 12.7. The van der Waals surface area contributed by atoms with Crippen molar-refractivity contribution in [3.05, 3.63) is 36.0 Å². The molecule has 1 aromatic heterocycles. The monoisotopic (exact) mass is 258 g/mol. The molecule has 0 amide bonds. The van der Waals surface area contributed by atoms with Crippen LogP contribution in [0.5, 0.6) is 0 Å². The van der Waals surface area contributed by atoms with Crippen molar-refractivity contribution in [3.63, 3.8) is 0 Å². The summed E-state index contributed by atoms with van der Waals surface area (Å²) in [5.74, 6) is 0.440. The van der Waals surface area contributed by atoms with Crippen LogP contribution in [0.25, 0.3) is 10.9 Å². The fourth-order valence-electron chi connectivity index (χ4n) is 3.21. The van der Waals surface area contributed by atoms with Crippen molar-refractivity contribution < 1.29 is 5.11 Å². The second-order valence-corrected chi connectivity index (χ2v) is 5.67. The minimum Gasteiger partial charge on any atom is -0.393 e. The molecule has 1 saturated carbocycles. The number of hydrogen-bond acceptors (Lipinski definition) is 2. The lowest BCUT2D eigenvalue weighted by molar-refractivity contribution is 0.131. The van der Waals surface area contributed by atoms with E-state index in [9.17, 15) is 5.11 Å². The molecule has 3 nitrogen and oxygen atoms in total. The van der Waals surface area contributed by atoms with Gasteiger partial charge in [0.2, 0.25) is 0 Å². The van der Waals surface area contributed by atoms with Gasteiger partial charge < -0.3 is 15.0 Å². The van der Waals surface area contributed by atoms with Gasteiger partial charge in [0.25, 0.3) is 0 Å². The SMILES string of the molecule is Cn1cc(CNCC2CCCC2O)c2ccccc21. The predicted molar refractivity (Wildman–Crippen MR) is 78.0 cm³/mol. The highest BCUT2D eigenvalue weighted by molar-refractivity contribution is 5.83. The zero-order chi connectivity index (χ0) is 13.2. The van der Waals surface area contributed by atoms with E-state index in [4.69, 9.17) is 0 Å². The van der Waals surface area contributed by atoms with Crippen molar-refractivity contribution in [2.75, 3.05) is 6.54 Å². The molecule has 0 spiro atoms. The molecule has 0 bridgehead atoms. The van der Waals surface area contributed by atoms with Gasteiger partial charge in [0.05, 0.1) is 6.10 Å². The summed E-state index contributed by atoms with van der Waals surface area (Å²) in [7, 11) is 2.09. The average Bonchev–Trinajstić information content (AvgIpc) is 2.96. The summed E-state index contributed by atoms with van der Waals surface area (Å²) in [6, 6.07) is 8.50. The Morgan fingerprint density at radius 3 is 2.95 bits per heavy atom. The number of para-hydroxylation sites is 1. The van der Waals surface area contributed by atoms with E-state index in [1.165, 1.54) is 22.9 Å². The van der Waals surface area contributed by atoms with Crippen molar-refractivity contribution in [3.8, 4) is 0 Å². The Labute approximate surface area is 114 Å². The highest BCUT2D eigenvalue weighted by Gasteiger charge is 2.24. The van der Waals surface area contributed by atoms with E-state index < -0.39 is 0 Å². The molecule has 2 N–H and O–H groups in total. The lowest BCUT2D eigenvalue weighted by Gasteiger charge is -2.14. The zero-order valence-corrected chi connectivity index (χ0v) is 11.5. The molecule has 0 aliphatic heterocycles. The molecular formula is C16H22N2O. The second kappa shape index (κ2) is 5.35. The van der Waals surface area contributed by atoms with Gasteiger partial charge in [-0.2, -0.15) is 0 Å². The summed E-state index contributed by atoms with van der Waals surface area (Å²) < 4.78 is 2.18. The van der Waals surface area contributed by atoms with Crippen molar-refractivity contribution in [2.45, 2.75) is 31.9 Å². The van der Waals surface area contributed by atoms with Crippen LogP contribution in [0.3, 0.4) is 0 Å². The van der Waals surface area contributed by atoms with Crippen molar-refractivity contribution in [1.82, 2.24) is 9.88 Å². The number of hydrogen-bond donors (Lipinski definition) is 2. The van der Waals surface area contributed by atoms with Crippen LogP contribution in [-0.4, -0.2) is 22.3 Å². The van der Waals surface area contributed by atoms with Crippen LogP contribution in [0, 0.1) is 5.92 Å². The van der Waals surface area contributed by atoms with Gasteiger partial charge in [0.1, 0.15) is 0 Å². The number of aliphatic hydroxyl groups excluding tert-OH is 1. The van der Waals surface area contributed by atoms with Crippen molar-refractivity contribution >= 4 is 10.9 Å². The molecule has 1 aliphatic carbocycles. The van der Waals surface area contributed by atoms with Gasteiger partial charge in [-0.05, 0) is 30.4 Å².